The summed E-state index contributed by atoms with van der Waals surface area (Å²) in [5, 5.41) is 0.833. The average molecular weight is 508 g/mol. The molecular formula is C27H23Cl2N3O3. The minimum Gasteiger partial charge on any atom is -0.465 e. The number of esters is 1. The molecule has 0 unspecified atom stereocenters. The first-order valence-electron chi connectivity index (χ1n) is 11.4. The van der Waals surface area contributed by atoms with Crippen LogP contribution in [0.15, 0.2) is 72.8 Å². The summed E-state index contributed by atoms with van der Waals surface area (Å²) >= 11 is 12.8. The molecule has 0 aliphatic carbocycles. The topological polar surface area (TPSA) is 64.4 Å². The van der Waals surface area contributed by atoms with Gasteiger partial charge in [0.25, 0.3) is 0 Å². The zero-order chi connectivity index (χ0) is 24.5. The van der Waals surface area contributed by atoms with E-state index in [1.54, 1.807) is 30.0 Å². The number of imidazole rings is 1. The number of amides is 1. The van der Waals surface area contributed by atoms with Crippen LogP contribution in [0.4, 0.5) is 5.95 Å². The highest BCUT2D eigenvalue weighted by Gasteiger charge is 2.48. The van der Waals surface area contributed by atoms with Crippen LogP contribution in [-0.4, -0.2) is 34.6 Å². The van der Waals surface area contributed by atoms with Gasteiger partial charge in [0.15, 0.2) is 5.92 Å². The molecule has 2 atom stereocenters. The quantitative estimate of drug-likeness (QED) is 0.248. The minimum atomic E-state index is -1.13. The number of benzene rings is 3. The second kappa shape index (κ2) is 9.72. The zero-order valence-corrected chi connectivity index (χ0v) is 20.5. The Kier molecular flexibility index (Phi) is 6.50. The molecule has 5 rings (SSSR count). The number of hydrogen-bond acceptors (Lipinski definition) is 4. The van der Waals surface area contributed by atoms with E-state index in [0.717, 1.165) is 16.6 Å². The van der Waals surface area contributed by atoms with Gasteiger partial charge < -0.3 is 9.30 Å². The molecule has 0 bridgehead atoms. The number of carbonyl (C=O) groups is 2. The molecule has 1 amide bonds. The Morgan fingerprint density at radius 2 is 1.77 bits per heavy atom. The summed E-state index contributed by atoms with van der Waals surface area (Å²) in [6, 6.07) is 21.9. The maximum atomic E-state index is 14.0. The molecule has 2 heterocycles. The predicted octanol–water partition coefficient (Wildman–Crippen LogP) is 5.70. The van der Waals surface area contributed by atoms with E-state index in [4.69, 9.17) is 32.9 Å². The van der Waals surface area contributed by atoms with Crippen LogP contribution in [0.3, 0.4) is 0 Å². The maximum Gasteiger partial charge on any atom is 0.321 e. The molecular weight excluding hydrogens is 485 g/mol. The van der Waals surface area contributed by atoms with Gasteiger partial charge in [0.1, 0.15) is 0 Å². The molecule has 1 aliphatic rings. The van der Waals surface area contributed by atoms with Crippen LogP contribution in [0.25, 0.3) is 11.0 Å². The van der Waals surface area contributed by atoms with E-state index >= 15 is 0 Å². The fourth-order valence-corrected chi connectivity index (χ4v) is 5.18. The van der Waals surface area contributed by atoms with Crippen molar-refractivity contribution in [2.75, 3.05) is 18.1 Å². The highest BCUT2D eigenvalue weighted by Crippen LogP contribution is 2.43. The number of ether oxygens (including phenoxy) is 1. The monoisotopic (exact) mass is 507 g/mol. The van der Waals surface area contributed by atoms with Gasteiger partial charge in [0.05, 0.1) is 23.7 Å². The van der Waals surface area contributed by atoms with Crippen molar-refractivity contribution in [1.29, 1.82) is 0 Å². The van der Waals surface area contributed by atoms with Crippen LogP contribution in [0.2, 0.25) is 10.0 Å². The number of rotatable bonds is 6. The van der Waals surface area contributed by atoms with Crippen LogP contribution in [0.5, 0.6) is 0 Å². The van der Waals surface area contributed by atoms with Gasteiger partial charge in [0, 0.05) is 16.6 Å². The number of carbonyl (C=O) groups excluding carboxylic acids is 2. The summed E-state index contributed by atoms with van der Waals surface area (Å²) in [5.74, 6) is -1.61. The molecule has 0 saturated heterocycles. The molecule has 1 aromatic heterocycles. The number of para-hydroxylation sites is 2. The molecule has 0 fully saturated rings. The summed E-state index contributed by atoms with van der Waals surface area (Å²) in [6.45, 7) is 2.25. The van der Waals surface area contributed by atoms with Gasteiger partial charge >= 0.3 is 5.97 Å². The van der Waals surface area contributed by atoms with Gasteiger partial charge in [0.2, 0.25) is 11.9 Å². The van der Waals surface area contributed by atoms with Crippen molar-refractivity contribution < 1.29 is 14.3 Å². The molecule has 0 N–H and O–H groups in total. The lowest BCUT2D eigenvalue weighted by molar-refractivity contribution is -0.153. The molecule has 0 spiro atoms. The number of anilines is 1. The number of aromatic nitrogens is 2. The van der Waals surface area contributed by atoms with E-state index in [1.165, 1.54) is 0 Å². The van der Waals surface area contributed by atoms with Crippen LogP contribution in [0, 0.1) is 5.92 Å². The Morgan fingerprint density at radius 1 is 1.03 bits per heavy atom. The van der Waals surface area contributed by atoms with Crippen molar-refractivity contribution in [3.05, 3.63) is 94.0 Å². The summed E-state index contributed by atoms with van der Waals surface area (Å²) in [4.78, 5) is 33.7. The zero-order valence-electron chi connectivity index (χ0n) is 19.0. The fraction of sp³-hybridized carbons (Fsp3) is 0.222. The molecule has 0 saturated carbocycles. The van der Waals surface area contributed by atoms with Crippen molar-refractivity contribution in [2.45, 2.75) is 19.4 Å². The molecule has 178 valence electrons. The van der Waals surface area contributed by atoms with E-state index in [0.29, 0.717) is 34.5 Å². The van der Waals surface area contributed by atoms with E-state index < -0.39 is 17.9 Å². The minimum absolute atomic E-state index is 0.158. The lowest BCUT2D eigenvalue weighted by atomic mass is 9.89. The summed E-state index contributed by atoms with van der Waals surface area (Å²) in [6.07, 6.45) is 0.609. The maximum absolute atomic E-state index is 14.0. The van der Waals surface area contributed by atoms with Crippen LogP contribution in [0.1, 0.15) is 24.1 Å². The van der Waals surface area contributed by atoms with Crippen LogP contribution >= 0.6 is 23.2 Å². The van der Waals surface area contributed by atoms with Crippen LogP contribution < -0.4 is 4.90 Å². The first kappa shape index (κ1) is 23.4. The van der Waals surface area contributed by atoms with Crippen molar-refractivity contribution in [3.8, 4) is 0 Å². The van der Waals surface area contributed by atoms with Gasteiger partial charge in [-0.1, -0.05) is 71.7 Å². The largest absolute Gasteiger partial charge is 0.465 e. The third kappa shape index (κ3) is 4.28. The number of nitrogens with zero attached hydrogens (tertiary/aromatic N) is 3. The Labute approximate surface area is 213 Å². The summed E-state index contributed by atoms with van der Waals surface area (Å²) in [7, 11) is 0. The van der Waals surface area contributed by atoms with Crippen molar-refractivity contribution in [3.63, 3.8) is 0 Å². The smallest absolute Gasteiger partial charge is 0.321 e. The lowest BCUT2D eigenvalue weighted by Crippen LogP contribution is -2.50. The van der Waals surface area contributed by atoms with Gasteiger partial charge in [-0.15, -0.1) is 0 Å². The highest BCUT2D eigenvalue weighted by molar-refractivity contribution is 6.35. The van der Waals surface area contributed by atoms with Gasteiger partial charge in [-0.05, 0) is 48.7 Å². The molecule has 4 aromatic rings. The normalized spacial score (nSPS) is 17.5. The number of halogens is 2. The fourth-order valence-electron chi connectivity index (χ4n) is 4.66. The Hall–Kier alpha value is -3.35. The van der Waals surface area contributed by atoms with Crippen molar-refractivity contribution in [2.24, 2.45) is 5.92 Å². The predicted molar refractivity (Wildman–Crippen MR) is 137 cm³/mol. The first-order chi connectivity index (χ1) is 17.0. The molecule has 0 radical (unpaired) electrons. The van der Waals surface area contributed by atoms with Crippen LogP contribution in [-0.2, 0) is 20.7 Å². The molecule has 35 heavy (non-hydrogen) atoms. The Morgan fingerprint density at radius 3 is 2.51 bits per heavy atom. The van der Waals surface area contributed by atoms with Crippen molar-refractivity contribution >= 4 is 52.1 Å². The van der Waals surface area contributed by atoms with Crippen molar-refractivity contribution in [1.82, 2.24) is 9.55 Å². The summed E-state index contributed by atoms with van der Waals surface area (Å²) in [5.41, 5.74) is 3.21. The van der Waals surface area contributed by atoms with E-state index in [1.807, 2.05) is 59.2 Å². The van der Waals surface area contributed by atoms with E-state index in [2.05, 4.69) is 0 Å². The second-order valence-corrected chi connectivity index (χ2v) is 9.18. The third-order valence-corrected chi connectivity index (χ3v) is 6.80. The third-order valence-electron chi connectivity index (χ3n) is 6.23. The first-order valence-corrected chi connectivity index (χ1v) is 12.2. The highest BCUT2D eigenvalue weighted by atomic mass is 35.5. The van der Waals surface area contributed by atoms with E-state index in [9.17, 15) is 9.59 Å². The molecule has 1 aliphatic heterocycles. The lowest BCUT2D eigenvalue weighted by Gasteiger charge is -2.38. The Balaban J connectivity index is 1.70. The standard InChI is InChI=1S/C27H23Cl2N3O3/c1-2-35-26(34)23-24(19-13-12-18(28)16-20(19)29)32-22-11-7-6-10-21(22)30-27(32)31(25(23)33)15-14-17-8-4-3-5-9-17/h3-13,16,23-24H,2,14-15H2,1H3/t23-,24+/m1/s1. The molecule has 3 aromatic carbocycles. The number of fused-ring (bicyclic) bond motifs is 3. The molecule has 8 heteroatoms. The van der Waals surface area contributed by atoms with E-state index in [-0.39, 0.29) is 12.5 Å². The van der Waals surface area contributed by atoms with Gasteiger partial charge in [-0.2, -0.15) is 0 Å². The average Bonchev–Trinajstić information content (AvgIpc) is 3.23. The van der Waals surface area contributed by atoms with Gasteiger partial charge in [-0.3, -0.25) is 14.5 Å². The summed E-state index contributed by atoms with van der Waals surface area (Å²) < 4.78 is 7.32. The Bertz CT molecular complexity index is 1400. The molecule has 6 nitrogen and oxygen atoms in total. The number of hydrogen-bond donors (Lipinski definition) is 0. The second-order valence-electron chi connectivity index (χ2n) is 8.34. The van der Waals surface area contributed by atoms with Gasteiger partial charge in [-0.25, -0.2) is 4.98 Å². The SMILES string of the molecule is CCOC(=O)[C@H]1C(=O)N(CCc2ccccc2)c2nc3ccccc3n2[C@H]1c1ccc(Cl)cc1Cl.